The maximum Gasteiger partial charge on any atom is 0.242 e. The molecule has 0 aromatic heterocycles. The summed E-state index contributed by atoms with van der Waals surface area (Å²) in [5, 5.41) is 0. The van der Waals surface area contributed by atoms with E-state index in [2.05, 4.69) is 0 Å². The van der Waals surface area contributed by atoms with Gasteiger partial charge in [-0.3, -0.25) is 0 Å². The molecule has 0 fully saturated rings. The average Bonchev–Trinajstić information content (AvgIpc) is 2.19. The summed E-state index contributed by atoms with van der Waals surface area (Å²) in [7, 11) is -1.66. The van der Waals surface area contributed by atoms with Crippen LogP contribution in [0.15, 0.2) is 35.2 Å². The summed E-state index contributed by atoms with van der Waals surface area (Å²) in [5.41, 5.74) is 0. The Kier molecular flexibility index (Phi) is 3.66. The Morgan fingerprint density at radius 2 is 1.79 bits per heavy atom. The maximum atomic E-state index is 11.8. The van der Waals surface area contributed by atoms with Crippen molar-refractivity contribution in [3.63, 3.8) is 0 Å². The van der Waals surface area contributed by atoms with E-state index in [0.29, 0.717) is 11.4 Å². The van der Waals surface area contributed by atoms with Gasteiger partial charge in [0.15, 0.2) is 0 Å². The van der Waals surface area contributed by atoms with Crippen LogP contribution in [0.3, 0.4) is 0 Å². The molecule has 0 bridgehead atoms. The Bertz CT molecular complexity index is 372. The summed E-state index contributed by atoms with van der Waals surface area (Å²) in [6.45, 7) is 2.51. The van der Waals surface area contributed by atoms with Crippen LogP contribution in [0.5, 0.6) is 0 Å². The second kappa shape index (κ2) is 4.57. The molecule has 0 spiro atoms. The van der Waals surface area contributed by atoms with Crippen molar-refractivity contribution in [1.29, 1.82) is 0 Å². The van der Waals surface area contributed by atoms with Crippen molar-refractivity contribution in [2.75, 3.05) is 13.6 Å². The second-order valence-corrected chi connectivity index (χ2v) is 5.18. The van der Waals surface area contributed by atoms with E-state index in [1.165, 1.54) is 4.31 Å². The van der Waals surface area contributed by atoms with Crippen molar-refractivity contribution in [3.05, 3.63) is 30.3 Å². The van der Waals surface area contributed by atoms with Crippen LogP contribution in [0.25, 0.3) is 0 Å². The third-order valence-electron chi connectivity index (χ3n) is 1.99. The lowest BCUT2D eigenvalue weighted by atomic mass is 10.4. The number of benzene rings is 1. The molecule has 14 heavy (non-hydrogen) atoms. The van der Waals surface area contributed by atoms with E-state index in [-0.39, 0.29) is 0 Å². The molecule has 0 aliphatic heterocycles. The van der Waals surface area contributed by atoms with Crippen LogP contribution in [0.1, 0.15) is 13.3 Å². The second-order valence-electron chi connectivity index (χ2n) is 3.14. The van der Waals surface area contributed by atoms with Crippen molar-refractivity contribution >= 4 is 10.0 Å². The van der Waals surface area contributed by atoms with Gasteiger partial charge in [0.05, 0.1) is 4.90 Å². The molecule has 0 amide bonds. The van der Waals surface area contributed by atoms with E-state index in [0.717, 1.165) is 6.42 Å². The first-order valence-electron chi connectivity index (χ1n) is 4.60. The van der Waals surface area contributed by atoms with Crippen LogP contribution in [-0.4, -0.2) is 26.3 Å². The number of hydrogen-bond donors (Lipinski definition) is 0. The largest absolute Gasteiger partial charge is 0.242 e. The number of rotatable bonds is 4. The summed E-state index contributed by atoms with van der Waals surface area (Å²) in [5.74, 6) is 0. The number of sulfonamides is 1. The fourth-order valence-corrected chi connectivity index (χ4v) is 2.49. The molecule has 1 aromatic carbocycles. The van der Waals surface area contributed by atoms with Crippen LogP contribution in [0, 0.1) is 0 Å². The quantitative estimate of drug-likeness (QED) is 0.763. The topological polar surface area (TPSA) is 37.4 Å². The summed E-state index contributed by atoms with van der Waals surface area (Å²) in [6.07, 6.45) is 0.822. The highest BCUT2D eigenvalue weighted by atomic mass is 32.2. The van der Waals surface area contributed by atoms with Crippen molar-refractivity contribution in [3.8, 4) is 0 Å². The maximum absolute atomic E-state index is 11.8. The van der Waals surface area contributed by atoms with Gasteiger partial charge in [0.1, 0.15) is 0 Å². The first-order valence-corrected chi connectivity index (χ1v) is 6.04. The lowest BCUT2D eigenvalue weighted by Gasteiger charge is -2.15. The van der Waals surface area contributed by atoms with Crippen LogP contribution in [-0.2, 0) is 10.0 Å². The van der Waals surface area contributed by atoms with Crippen LogP contribution >= 0.6 is 0 Å². The predicted octanol–water partition coefficient (Wildman–Crippen LogP) is 1.72. The Labute approximate surface area is 85.4 Å². The molecule has 0 aliphatic rings. The lowest BCUT2D eigenvalue weighted by molar-refractivity contribution is 0.468. The van der Waals surface area contributed by atoms with Crippen LogP contribution in [0.2, 0.25) is 0 Å². The van der Waals surface area contributed by atoms with Gasteiger partial charge >= 0.3 is 0 Å². The molecule has 0 heterocycles. The molecule has 78 valence electrons. The van der Waals surface area contributed by atoms with Gasteiger partial charge in [0.25, 0.3) is 0 Å². The van der Waals surface area contributed by atoms with Gasteiger partial charge in [-0.15, -0.1) is 0 Å². The van der Waals surface area contributed by atoms with E-state index >= 15 is 0 Å². The zero-order chi connectivity index (χ0) is 10.6. The Hall–Kier alpha value is -0.870. The van der Waals surface area contributed by atoms with Crippen molar-refractivity contribution < 1.29 is 8.42 Å². The van der Waals surface area contributed by atoms with E-state index in [9.17, 15) is 8.42 Å². The van der Waals surface area contributed by atoms with Gasteiger partial charge in [-0.1, -0.05) is 25.1 Å². The first kappa shape index (κ1) is 11.2. The van der Waals surface area contributed by atoms with Gasteiger partial charge in [0, 0.05) is 13.6 Å². The molecule has 1 aromatic rings. The molecular weight excluding hydrogens is 198 g/mol. The smallest absolute Gasteiger partial charge is 0.207 e. The molecule has 1 rings (SSSR count). The Balaban J connectivity index is 2.97. The lowest BCUT2D eigenvalue weighted by Crippen LogP contribution is -2.27. The molecule has 0 saturated carbocycles. The summed E-state index contributed by atoms with van der Waals surface area (Å²) in [4.78, 5) is 0.357. The monoisotopic (exact) mass is 213 g/mol. The number of nitrogens with zero attached hydrogens (tertiary/aromatic N) is 1. The Morgan fingerprint density at radius 3 is 2.29 bits per heavy atom. The third-order valence-corrected chi connectivity index (χ3v) is 3.86. The zero-order valence-electron chi connectivity index (χ0n) is 8.47. The predicted molar refractivity (Wildman–Crippen MR) is 56.5 cm³/mol. The first-order chi connectivity index (χ1) is 6.59. The molecular formula is C10H15NO2S. The molecule has 3 nitrogen and oxygen atoms in total. The molecule has 0 N–H and O–H groups in total. The van der Waals surface area contributed by atoms with Crippen molar-refractivity contribution in [1.82, 2.24) is 4.31 Å². The van der Waals surface area contributed by atoms with Gasteiger partial charge in [-0.2, -0.15) is 0 Å². The molecule has 4 heteroatoms. The summed E-state index contributed by atoms with van der Waals surface area (Å²) in [6, 6.07) is 8.49. The standard InChI is InChI=1S/C10H15NO2S/c1-3-9-11(2)14(12,13)10-7-5-4-6-8-10/h4-8H,3,9H2,1-2H3. The Morgan fingerprint density at radius 1 is 1.21 bits per heavy atom. The minimum absolute atomic E-state index is 0.357. The van der Waals surface area contributed by atoms with Gasteiger partial charge in [0.2, 0.25) is 10.0 Å². The van der Waals surface area contributed by atoms with E-state index in [4.69, 9.17) is 0 Å². The molecule has 0 saturated heterocycles. The highest BCUT2D eigenvalue weighted by Crippen LogP contribution is 2.13. The van der Waals surface area contributed by atoms with E-state index in [1.807, 2.05) is 6.92 Å². The van der Waals surface area contributed by atoms with Gasteiger partial charge in [-0.05, 0) is 18.6 Å². The van der Waals surface area contributed by atoms with Crippen molar-refractivity contribution in [2.24, 2.45) is 0 Å². The van der Waals surface area contributed by atoms with E-state index < -0.39 is 10.0 Å². The minimum atomic E-state index is -3.27. The normalized spacial score (nSPS) is 11.9. The fraction of sp³-hybridized carbons (Fsp3) is 0.400. The van der Waals surface area contributed by atoms with Crippen LogP contribution in [0.4, 0.5) is 0 Å². The average molecular weight is 213 g/mol. The summed E-state index contributed by atoms with van der Waals surface area (Å²) >= 11 is 0. The summed E-state index contributed by atoms with van der Waals surface area (Å²) < 4.78 is 25.1. The zero-order valence-corrected chi connectivity index (χ0v) is 9.29. The minimum Gasteiger partial charge on any atom is -0.207 e. The third kappa shape index (κ3) is 2.33. The van der Waals surface area contributed by atoms with Gasteiger partial charge < -0.3 is 0 Å². The van der Waals surface area contributed by atoms with Crippen molar-refractivity contribution in [2.45, 2.75) is 18.2 Å². The highest BCUT2D eigenvalue weighted by molar-refractivity contribution is 7.89. The fourth-order valence-electron chi connectivity index (χ4n) is 1.21. The molecule has 0 atom stereocenters. The molecule has 0 aliphatic carbocycles. The van der Waals surface area contributed by atoms with Crippen LogP contribution < -0.4 is 0 Å². The van der Waals surface area contributed by atoms with Gasteiger partial charge in [-0.25, -0.2) is 12.7 Å². The number of hydrogen-bond acceptors (Lipinski definition) is 2. The SMILES string of the molecule is CCCN(C)S(=O)(=O)c1ccccc1. The molecule has 0 radical (unpaired) electrons. The highest BCUT2D eigenvalue weighted by Gasteiger charge is 2.18. The molecule has 0 unspecified atom stereocenters. The van der Waals surface area contributed by atoms with E-state index in [1.54, 1.807) is 37.4 Å².